The van der Waals surface area contributed by atoms with Crippen molar-refractivity contribution in [1.82, 2.24) is 4.98 Å². The van der Waals surface area contributed by atoms with Gasteiger partial charge in [-0.25, -0.2) is 4.98 Å². The quantitative estimate of drug-likeness (QED) is 0.793. The molecule has 0 bridgehead atoms. The Morgan fingerprint density at radius 1 is 1.47 bits per heavy atom. The molecule has 1 unspecified atom stereocenters. The fraction of sp³-hybridized carbons (Fsp3) is 0.583. The summed E-state index contributed by atoms with van der Waals surface area (Å²) in [5.41, 5.74) is 1.16. The largest absolute Gasteiger partial charge is 0.382 e. The monoisotopic (exact) mass is 205 g/mol. The van der Waals surface area contributed by atoms with Gasteiger partial charge in [-0.1, -0.05) is 6.42 Å². The van der Waals surface area contributed by atoms with Gasteiger partial charge in [0.2, 0.25) is 0 Å². The van der Waals surface area contributed by atoms with Crippen molar-refractivity contribution >= 4 is 11.5 Å². The highest BCUT2D eigenvalue weighted by atomic mass is 15.0. The third kappa shape index (κ3) is 2.41. The number of pyridine rings is 1. The molecule has 3 heteroatoms. The third-order valence-electron chi connectivity index (χ3n) is 3.27. The molecule has 15 heavy (non-hydrogen) atoms. The predicted molar refractivity (Wildman–Crippen MR) is 64.2 cm³/mol. The van der Waals surface area contributed by atoms with Gasteiger partial charge in [0.1, 0.15) is 5.82 Å². The van der Waals surface area contributed by atoms with Gasteiger partial charge >= 0.3 is 0 Å². The van der Waals surface area contributed by atoms with E-state index in [1.165, 1.54) is 19.3 Å². The second-order valence-electron chi connectivity index (χ2n) is 4.30. The van der Waals surface area contributed by atoms with Crippen LogP contribution in [0.25, 0.3) is 0 Å². The van der Waals surface area contributed by atoms with E-state index in [0.29, 0.717) is 6.04 Å². The van der Waals surface area contributed by atoms with E-state index >= 15 is 0 Å². The van der Waals surface area contributed by atoms with Gasteiger partial charge in [-0.15, -0.1) is 0 Å². The Morgan fingerprint density at radius 2 is 2.27 bits per heavy atom. The van der Waals surface area contributed by atoms with Gasteiger partial charge < -0.3 is 10.6 Å². The molecule has 1 atom stereocenters. The topological polar surface area (TPSA) is 37.0 Å². The molecule has 1 aromatic heterocycles. The molecule has 0 aliphatic heterocycles. The number of nitrogens with zero attached hydrogens (tertiary/aromatic N) is 1. The van der Waals surface area contributed by atoms with E-state index in [1.54, 1.807) is 0 Å². The molecule has 82 valence electrons. The molecule has 1 aliphatic rings. The lowest BCUT2D eigenvalue weighted by molar-refractivity contribution is 0.285. The Balaban J connectivity index is 1.96. The van der Waals surface area contributed by atoms with Crippen LogP contribution >= 0.6 is 0 Å². The molecule has 1 saturated carbocycles. The van der Waals surface area contributed by atoms with Crippen molar-refractivity contribution in [2.45, 2.75) is 32.2 Å². The van der Waals surface area contributed by atoms with Crippen LogP contribution in [0.3, 0.4) is 0 Å². The SMILES string of the molecule is CNc1cc(NC(C)C2CCC2)ccn1. The first kappa shape index (κ1) is 10.3. The molecule has 0 aromatic carbocycles. The Morgan fingerprint density at radius 3 is 2.87 bits per heavy atom. The molecule has 1 heterocycles. The van der Waals surface area contributed by atoms with Crippen LogP contribution in [0.5, 0.6) is 0 Å². The smallest absolute Gasteiger partial charge is 0.127 e. The van der Waals surface area contributed by atoms with E-state index in [-0.39, 0.29) is 0 Å². The maximum absolute atomic E-state index is 4.19. The van der Waals surface area contributed by atoms with Crippen LogP contribution in [0.2, 0.25) is 0 Å². The Bertz CT molecular complexity index is 320. The van der Waals surface area contributed by atoms with Gasteiger partial charge in [0.25, 0.3) is 0 Å². The normalized spacial score (nSPS) is 18.0. The summed E-state index contributed by atoms with van der Waals surface area (Å²) in [5.74, 6) is 1.78. The summed E-state index contributed by atoms with van der Waals surface area (Å²) in [7, 11) is 1.89. The third-order valence-corrected chi connectivity index (χ3v) is 3.27. The van der Waals surface area contributed by atoms with E-state index in [0.717, 1.165) is 17.4 Å². The Hall–Kier alpha value is -1.25. The molecule has 2 rings (SSSR count). The van der Waals surface area contributed by atoms with Crippen LogP contribution in [0.4, 0.5) is 11.5 Å². The van der Waals surface area contributed by atoms with E-state index in [2.05, 4.69) is 28.6 Å². The van der Waals surface area contributed by atoms with Gasteiger partial charge in [0.15, 0.2) is 0 Å². The molecular formula is C12H19N3. The summed E-state index contributed by atoms with van der Waals surface area (Å²) >= 11 is 0. The molecule has 0 radical (unpaired) electrons. The molecule has 1 fully saturated rings. The van der Waals surface area contributed by atoms with Crippen LogP contribution in [-0.2, 0) is 0 Å². The lowest BCUT2D eigenvalue weighted by Crippen LogP contribution is -2.30. The number of rotatable bonds is 4. The second kappa shape index (κ2) is 4.51. The summed E-state index contributed by atoms with van der Waals surface area (Å²) in [4.78, 5) is 4.19. The minimum atomic E-state index is 0.575. The first-order chi connectivity index (χ1) is 7.29. The molecule has 0 amide bonds. The maximum Gasteiger partial charge on any atom is 0.127 e. The Labute approximate surface area is 91.3 Å². The number of hydrogen-bond acceptors (Lipinski definition) is 3. The van der Waals surface area contributed by atoms with Crippen LogP contribution in [0, 0.1) is 5.92 Å². The van der Waals surface area contributed by atoms with Crippen molar-refractivity contribution in [2.24, 2.45) is 5.92 Å². The van der Waals surface area contributed by atoms with Crippen molar-refractivity contribution in [3.8, 4) is 0 Å². The Kier molecular flexibility index (Phi) is 3.09. The summed E-state index contributed by atoms with van der Waals surface area (Å²) < 4.78 is 0. The van der Waals surface area contributed by atoms with E-state index in [9.17, 15) is 0 Å². The average Bonchev–Trinajstić information content (AvgIpc) is 2.15. The fourth-order valence-corrected chi connectivity index (χ4v) is 1.98. The van der Waals surface area contributed by atoms with Crippen LogP contribution in [-0.4, -0.2) is 18.1 Å². The molecule has 0 saturated heterocycles. The molecule has 1 aromatic rings. The highest BCUT2D eigenvalue weighted by Gasteiger charge is 2.23. The van der Waals surface area contributed by atoms with E-state index in [4.69, 9.17) is 0 Å². The summed E-state index contributed by atoms with van der Waals surface area (Å²) in [6.07, 6.45) is 5.98. The molecular weight excluding hydrogens is 186 g/mol. The van der Waals surface area contributed by atoms with Crippen molar-refractivity contribution in [3.63, 3.8) is 0 Å². The van der Waals surface area contributed by atoms with Crippen LogP contribution < -0.4 is 10.6 Å². The molecule has 2 N–H and O–H groups in total. The van der Waals surface area contributed by atoms with Crippen LogP contribution in [0.1, 0.15) is 26.2 Å². The number of hydrogen-bond donors (Lipinski definition) is 2. The second-order valence-corrected chi connectivity index (χ2v) is 4.30. The lowest BCUT2D eigenvalue weighted by atomic mass is 9.80. The zero-order chi connectivity index (χ0) is 10.7. The minimum absolute atomic E-state index is 0.575. The predicted octanol–water partition coefficient (Wildman–Crippen LogP) is 2.72. The van der Waals surface area contributed by atoms with E-state index < -0.39 is 0 Å². The maximum atomic E-state index is 4.19. The van der Waals surface area contributed by atoms with Crippen LogP contribution in [0.15, 0.2) is 18.3 Å². The summed E-state index contributed by atoms with van der Waals surface area (Å²) in [5, 5.41) is 6.59. The number of nitrogens with one attached hydrogen (secondary N) is 2. The van der Waals surface area contributed by atoms with Gasteiger partial charge in [0.05, 0.1) is 0 Å². The highest BCUT2D eigenvalue weighted by Crippen LogP contribution is 2.31. The average molecular weight is 205 g/mol. The summed E-state index contributed by atoms with van der Waals surface area (Å²) in [6.45, 7) is 2.27. The molecule has 1 aliphatic carbocycles. The first-order valence-electron chi connectivity index (χ1n) is 5.70. The number of aromatic nitrogens is 1. The fourth-order valence-electron chi connectivity index (χ4n) is 1.98. The summed E-state index contributed by atoms with van der Waals surface area (Å²) in [6, 6.07) is 4.65. The van der Waals surface area contributed by atoms with Gasteiger partial charge in [-0.2, -0.15) is 0 Å². The van der Waals surface area contributed by atoms with Crippen molar-refractivity contribution in [2.75, 3.05) is 17.7 Å². The number of anilines is 2. The zero-order valence-electron chi connectivity index (χ0n) is 9.46. The lowest BCUT2D eigenvalue weighted by Gasteiger charge is -2.32. The van der Waals surface area contributed by atoms with Gasteiger partial charge in [-0.3, -0.25) is 0 Å². The molecule has 3 nitrogen and oxygen atoms in total. The van der Waals surface area contributed by atoms with Crippen molar-refractivity contribution in [1.29, 1.82) is 0 Å². The van der Waals surface area contributed by atoms with Crippen molar-refractivity contribution in [3.05, 3.63) is 18.3 Å². The highest BCUT2D eigenvalue weighted by molar-refractivity contribution is 5.52. The van der Waals surface area contributed by atoms with Gasteiger partial charge in [0, 0.05) is 31.0 Å². The van der Waals surface area contributed by atoms with Crippen molar-refractivity contribution < 1.29 is 0 Å². The zero-order valence-corrected chi connectivity index (χ0v) is 9.46. The first-order valence-corrected chi connectivity index (χ1v) is 5.70. The standard InChI is InChI=1S/C12H19N3/c1-9(10-4-3-5-10)15-11-6-7-14-12(8-11)13-2/h6-10H,3-5H2,1-2H3,(H2,13,14,15). The van der Waals surface area contributed by atoms with Gasteiger partial charge in [-0.05, 0) is 31.7 Å². The minimum Gasteiger partial charge on any atom is -0.382 e. The molecule has 0 spiro atoms. The van der Waals surface area contributed by atoms with E-state index in [1.807, 2.05) is 19.3 Å².